The lowest BCUT2D eigenvalue weighted by Gasteiger charge is -2.39. The van der Waals surface area contributed by atoms with Crippen LogP contribution in [0, 0.1) is 23.7 Å². The van der Waals surface area contributed by atoms with Crippen molar-refractivity contribution in [3.63, 3.8) is 0 Å². The molecule has 0 aromatic carbocycles. The van der Waals surface area contributed by atoms with Gasteiger partial charge in [0.25, 0.3) is 0 Å². The first-order valence-corrected chi connectivity index (χ1v) is 14.3. The van der Waals surface area contributed by atoms with Crippen LogP contribution in [0.25, 0.3) is 0 Å². The molecule has 3 fully saturated rings. The first-order chi connectivity index (χ1) is 15.4. The van der Waals surface area contributed by atoms with Crippen molar-refractivity contribution in [3.8, 4) is 0 Å². The lowest BCUT2D eigenvalue weighted by Crippen LogP contribution is -2.41. The monoisotopic (exact) mass is 478 g/mol. The van der Waals surface area contributed by atoms with Gasteiger partial charge in [-0.2, -0.15) is 0 Å². The number of anilines is 1. The van der Waals surface area contributed by atoms with Crippen molar-refractivity contribution in [2.24, 2.45) is 23.7 Å². The second kappa shape index (κ2) is 10.9. The number of thioether (sulfide) groups is 1. The molecule has 3 aliphatic rings. The summed E-state index contributed by atoms with van der Waals surface area (Å²) in [6, 6.07) is 0. The summed E-state index contributed by atoms with van der Waals surface area (Å²) in [7, 11) is 0. The van der Waals surface area contributed by atoms with E-state index in [1.807, 2.05) is 0 Å². The summed E-state index contributed by atoms with van der Waals surface area (Å²) in [4.78, 5) is 28.7. The molecule has 3 aliphatic carbocycles. The molecule has 1 aromatic heterocycles. The predicted molar refractivity (Wildman–Crippen MR) is 131 cm³/mol. The Kier molecular flexibility index (Phi) is 8.19. The molecule has 0 saturated heterocycles. The molecule has 1 atom stereocenters. The molecule has 2 N–H and O–H groups in total. The predicted octanol–water partition coefficient (Wildman–Crippen LogP) is 6.98. The minimum absolute atomic E-state index is 0.0532. The Morgan fingerprint density at radius 1 is 1.12 bits per heavy atom. The molecule has 0 spiro atoms. The molecule has 178 valence electrons. The number of carbonyl (C=O) groups excluding carboxylic acids is 1. The van der Waals surface area contributed by atoms with Gasteiger partial charge < -0.3 is 10.4 Å². The van der Waals surface area contributed by atoms with Gasteiger partial charge in [0.15, 0.2) is 5.13 Å². The Balaban J connectivity index is 1.30. The Hall–Kier alpha value is -1.08. The molecular formula is C25H38N2O3S2. The van der Waals surface area contributed by atoms with Crippen molar-refractivity contribution in [2.45, 2.75) is 106 Å². The molecule has 1 amide bonds. The normalized spacial score (nSPS) is 26.8. The fourth-order valence-corrected chi connectivity index (χ4v) is 8.55. The van der Waals surface area contributed by atoms with Crippen molar-refractivity contribution in [1.82, 2.24) is 4.98 Å². The highest BCUT2D eigenvalue weighted by Crippen LogP contribution is 2.49. The maximum atomic E-state index is 12.8. The van der Waals surface area contributed by atoms with E-state index >= 15 is 0 Å². The second-order valence-corrected chi connectivity index (χ2v) is 13.1. The van der Waals surface area contributed by atoms with E-state index in [1.165, 1.54) is 80.9 Å². The summed E-state index contributed by atoms with van der Waals surface area (Å²) in [5, 5.41) is 13.1. The van der Waals surface area contributed by atoms with Crippen LogP contribution >= 0.6 is 23.1 Å². The van der Waals surface area contributed by atoms with E-state index < -0.39 is 10.7 Å². The van der Waals surface area contributed by atoms with Gasteiger partial charge in [-0.25, -0.2) is 4.98 Å². The van der Waals surface area contributed by atoms with Crippen LogP contribution in [0.15, 0.2) is 10.4 Å². The summed E-state index contributed by atoms with van der Waals surface area (Å²) in [5.74, 6) is 2.45. The van der Waals surface area contributed by atoms with Crippen LogP contribution < -0.4 is 5.32 Å². The zero-order chi connectivity index (χ0) is 22.6. The zero-order valence-electron chi connectivity index (χ0n) is 19.3. The van der Waals surface area contributed by atoms with Crippen molar-refractivity contribution < 1.29 is 14.7 Å². The lowest BCUT2D eigenvalue weighted by molar-refractivity contribution is -0.142. The third-order valence-electron chi connectivity index (χ3n) is 8.20. The molecule has 5 nitrogen and oxygen atoms in total. The number of hydrogen-bond acceptors (Lipinski definition) is 5. The maximum absolute atomic E-state index is 12.8. The van der Waals surface area contributed by atoms with E-state index in [2.05, 4.69) is 17.2 Å². The largest absolute Gasteiger partial charge is 0.480 e. The van der Waals surface area contributed by atoms with Crippen molar-refractivity contribution in [3.05, 3.63) is 6.20 Å². The molecule has 0 bridgehead atoms. The van der Waals surface area contributed by atoms with E-state index in [4.69, 9.17) is 0 Å². The van der Waals surface area contributed by atoms with Crippen LogP contribution in [-0.2, 0) is 9.59 Å². The van der Waals surface area contributed by atoms with Crippen molar-refractivity contribution in [2.75, 3.05) is 5.32 Å². The van der Waals surface area contributed by atoms with E-state index in [-0.39, 0.29) is 5.91 Å². The standard InChI is InChI=1S/C25H38N2O3S2/c1-17-8-10-19(11-9-17)20(18-6-3-2-4-7-18)12-13-21(28)27-24-26-16-22(31-24)32-25(23(29)30)14-5-15-25/h16-20H,2-15H2,1H3,(H,29,30)(H,26,27,28). The number of aromatic nitrogens is 1. The highest BCUT2D eigenvalue weighted by atomic mass is 32.2. The topological polar surface area (TPSA) is 79.3 Å². The lowest BCUT2D eigenvalue weighted by atomic mass is 9.67. The van der Waals surface area contributed by atoms with Gasteiger partial charge in [0.05, 0.1) is 10.4 Å². The minimum atomic E-state index is -0.737. The molecule has 32 heavy (non-hydrogen) atoms. The number of amides is 1. The first kappa shape index (κ1) is 24.1. The van der Waals surface area contributed by atoms with Crippen LogP contribution in [0.5, 0.6) is 0 Å². The molecule has 1 unspecified atom stereocenters. The molecule has 3 saturated carbocycles. The molecule has 0 radical (unpaired) electrons. The number of aliphatic carboxylic acids is 1. The van der Waals surface area contributed by atoms with Crippen LogP contribution in [0.3, 0.4) is 0 Å². The minimum Gasteiger partial charge on any atom is -0.480 e. The second-order valence-electron chi connectivity index (χ2n) is 10.4. The smallest absolute Gasteiger partial charge is 0.320 e. The highest BCUT2D eigenvalue weighted by Gasteiger charge is 2.46. The van der Waals surface area contributed by atoms with Gasteiger partial charge in [-0.3, -0.25) is 9.59 Å². The Morgan fingerprint density at radius 3 is 2.44 bits per heavy atom. The van der Waals surface area contributed by atoms with Gasteiger partial charge in [0.1, 0.15) is 4.75 Å². The van der Waals surface area contributed by atoms with Gasteiger partial charge in [-0.15, -0.1) is 0 Å². The van der Waals surface area contributed by atoms with E-state index in [0.29, 0.717) is 30.3 Å². The average molecular weight is 479 g/mol. The SMILES string of the molecule is CC1CCC(C(CCC(=O)Nc2ncc(SC3(C(=O)O)CCC3)s2)C2CCCCC2)CC1. The Bertz CT molecular complexity index is 778. The maximum Gasteiger partial charge on any atom is 0.320 e. The third-order valence-corrected chi connectivity index (χ3v) is 10.7. The Morgan fingerprint density at radius 2 is 1.81 bits per heavy atom. The summed E-state index contributed by atoms with van der Waals surface area (Å²) >= 11 is 2.80. The summed E-state index contributed by atoms with van der Waals surface area (Å²) < 4.78 is 0.178. The number of nitrogens with zero attached hydrogens (tertiary/aromatic N) is 1. The van der Waals surface area contributed by atoms with Gasteiger partial charge in [-0.05, 0) is 62.2 Å². The van der Waals surface area contributed by atoms with Gasteiger partial charge in [0, 0.05) is 6.42 Å². The molecular weight excluding hydrogens is 440 g/mol. The van der Waals surface area contributed by atoms with Crippen LogP contribution in [0.4, 0.5) is 5.13 Å². The van der Waals surface area contributed by atoms with Gasteiger partial charge >= 0.3 is 5.97 Å². The van der Waals surface area contributed by atoms with Crippen LogP contribution in [0.2, 0.25) is 0 Å². The summed E-state index contributed by atoms with van der Waals surface area (Å²) in [6.45, 7) is 2.38. The summed E-state index contributed by atoms with van der Waals surface area (Å²) in [5.41, 5.74) is 0. The molecule has 0 aliphatic heterocycles. The van der Waals surface area contributed by atoms with Crippen molar-refractivity contribution >= 4 is 40.1 Å². The molecule has 4 rings (SSSR count). The fraction of sp³-hybridized carbons (Fsp3) is 0.800. The van der Waals surface area contributed by atoms with Crippen LogP contribution in [0.1, 0.15) is 96.8 Å². The van der Waals surface area contributed by atoms with Crippen molar-refractivity contribution in [1.29, 1.82) is 0 Å². The van der Waals surface area contributed by atoms with E-state index in [1.54, 1.807) is 6.20 Å². The zero-order valence-corrected chi connectivity index (χ0v) is 20.9. The number of carboxylic acids is 1. The van der Waals surface area contributed by atoms with Gasteiger partial charge in [0.2, 0.25) is 5.91 Å². The van der Waals surface area contributed by atoms with Gasteiger partial charge in [-0.1, -0.05) is 75.0 Å². The fourth-order valence-electron chi connectivity index (χ4n) is 6.03. The quantitative estimate of drug-likeness (QED) is 0.400. The summed E-state index contributed by atoms with van der Waals surface area (Å²) in [6.07, 6.45) is 17.8. The number of hydrogen-bond donors (Lipinski definition) is 2. The third kappa shape index (κ3) is 5.88. The Labute approximate surface area is 200 Å². The number of carbonyl (C=O) groups is 2. The first-order valence-electron chi connectivity index (χ1n) is 12.6. The molecule has 1 aromatic rings. The van der Waals surface area contributed by atoms with E-state index in [9.17, 15) is 14.7 Å². The average Bonchev–Trinajstić information content (AvgIpc) is 3.19. The molecule has 7 heteroatoms. The highest BCUT2D eigenvalue weighted by molar-refractivity contribution is 8.03. The number of thiazole rings is 1. The van der Waals surface area contributed by atoms with E-state index in [0.717, 1.165) is 34.8 Å². The number of rotatable bonds is 9. The number of nitrogens with one attached hydrogen (secondary N) is 1. The van der Waals surface area contributed by atoms with Crippen LogP contribution in [-0.4, -0.2) is 26.7 Å². The molecule has 1 heterocycles. The number of carboxylic acid groups (broad SMARTS) is 1.